The number of rotatable bonds is 8. The summed E-state index contributed by atoms with van der Waals surface area (Å²) in [5.41, 5.74) is 1.45. The van der Waals surface area contributed by atoms with Crippen LogP contribution in [0, 0.1) is 0 Å². The molecule has 1 aromatic carbocycles. The lowest BCUT2D eigenvalue weighted by molar-refractivity contribution is 0.0950. The second-order valence-corrected chi connectivity index (χ2v) is 5.52. The van der Waals surface area contributed by atoms with Gasteiger partial charge >= 0.3 is 0 Å². The molecule has 0 saturated carbocycles. The van der Waals surface area contributed by atoms with E-state index in [1.54, 1.807) is 7.11 Å². The topological polar surface area (TPSA) is 79.4 Å². The number of para-hydroxylation sites is 1. The molecule has 24 heavy (non-hydrogen) atoms. The molecule has 0 spiro atoms. The smallest absolute Gasteiger partial charge is 0.254 e. The molecular weight excluding hydrogens is 306 g/mol. The standard InChI is InChI=1S/C17H23N5O2/c1-22(2)9-8-18-16(23)14-11-20-17(21-12-14)19-10-13-6-4-5-7-15(13)24-3/h4-7,11-12H,8-10H2,1-3H3,(H,18,23)(H,19,20,21). The summed E-state index contributed by atoms with van der Waals surface area (Å²) in [7, 11) is 5.55. The van der Waals surface area contributed by atoms with Gasteiger partial charge in [-0.15, -0.1) is 0 Å². The van der Waals surface area contributed by atoms with Gasteiger partial charge in [-0.25, -0.2) is 9.97 Å². The zero-order chi connectivity index (χ0) is 17.4. The van der Waals surface area contributed by atoms with Crippen LogP contribution in [0.2, 0.25) is 0 Å². The number of hydrogen-bond donors (Lipinski definition) is 2. The van der Waals surface area contributed by atoms with Gasteiger partial charge in [0, 0.05) is 37.6 Å². The first-order valence-electron chi connectivity index (χ1n) is 7.71. The van der Waals surface area contributed by atoms with E-state index in [0.717, 1.165) is 17.9 Å². The second-order valence-electron chi connectivity index (χ2n) is 5.52. The summed E-state index contributed by atoms with van der Waals surface area (Å²) in [6.45, 7) is 1.91. The summed E-state index contributed by atoms with van der Waals surface area (Å²) >= 11 is 0. The highest BCUT2D eigenvalue weighted by molar-refractivity contribution is 5.93. The van der Waals surface area contributed by atoms with Gasteiger partial charge in [0.25, 0.3) is 5.91 Å². The zero-order valence-electron chi connectivity index (χ0n) is 14.2. The van der Waals surface area contributed by atoms with Crippen molar-refractivity contribution in [2.45, 2.75) is 6.54 Å². The number of hydrogen-bond acceptors (Lipinski definition) is 6. The third-order valence-electron chi connectivity index (χ3n) is 3.39. The average molecular weight is 329 g/mol. The van der Waals surface area contributed by atoms with E-state index in [0.29, 0.717) is 24.6 Å². The van der Waals surface area contributed by atoms with Crippen LogP contribution in [0.15, 0.2) is 36.7 Å². The molecule has 1 aromatic heterocycles. The minimum Gasteiger partial charge on any atom is -0.496 e. The van der Waals surface area contributed by atoms with E-state index in [1.165, 1.54) is 12.4 Å². The molecule has 128 valence electrons. The fraction of sp³-hybridized carbons (Fsp3) is 0.353. The van der Waals surface area contributed by atoms with Gasteiger partial charge in [0.05, 0.1) is 12.7 Å². The van der Waals surface area contributed by atoms with Crippen molar-refractivity contribution in [2.75, 3.05) is 39.6 Å². The number of anilines is 1. The molecule has 1 heterocycles. The van der Waals surface area contributed by atoms with E-state index in [1.807, 2.05) is 43.3 Å². The fourth-order valence-electron chi connectivity index (χ4n) is 2.05. The maximum absolute atomic E-state index is 12.0. The van der Waals surface area contributed by atoms with Gasteiger partial charge in [-0.1, -0.05) is 18.2 Å². The third-order valence-corrected chi connectivity index (χ3v) is 3.39. The Balaban J connectivity index is 1.89. The van der Waals surface area contributed by atoms with Crippen molar-refractivity contribution in [3.63, 3.8) is 0 Å². The summed E-state index contributed by atoms with van der Waals surface area (Å²) in [5.74, 6) is 1.10. The Kier molecular flexibility index (Phi) is 6.51. The largest absolute Gasteiger partial charge is 0.496 e. The van der Waals surface area contributed by atoms with Crippen molar-refractivity contribution in [3.8, 4) is 5.75 Å². The van der Waals surface area contributed by atoms with Crippen LogP contribution in [0.3, 0.4) is 0 Å². The van der Waals surface area contributed by atoms with E-state index >= 15 is 0 Å². The SMILES string of the molecule is COc1ccccc1CNc1ncc(C(=O)NCCN(C)C)cn1. The Morgan fingerprint density at radius 2 is 1.92 bits per heavy atom. The third kappa shape index (κ3) is 5.20. The van der Waals surface area contributed by atoms with Gasteiger partial charge < -0.3 is 20.3 Å². The molecule has 0 aliphatic carbocycles. The number of nitrogens with one attached hydrogen (secondary N) is 2. The molecule has 0 radical (unpaired) electrons. The van der Waals surface area contributed by atoms with Crippen LogP contribution in [0.4, 0.5) is 5.95 Å². The molecule has 0 saturated heterocycles. The second kappa shape index (κ2) is 8.83. The minimum absolute atomic E-state index is 0.173. The van der Waals surface area contributed by atoms with Crippen molar-refractivity contribution in [1.29, 1.82) is 0 Å². The predicted octanol–water partition coefficient (Wildman–Crippen LogP) is 1.39. The summed E-state index contributed by atoms with van der Waals surface area (Å²) in [6.07, 6.45) is 3.03. The fourth-order valence-corrected chi connectivity index (χ4v) is 2.05. The first-order valence-corrected chi connectivity index (χ1v) is 7.71. The van der Waals surface area contributed by atoms with Crippen molar-refractivity contribution in [3.05, 3.63) is 47.8 Å². The summed E-state index contributed by atoms with van der Waals surface area (Å²) < 4.78 is 5.30. The normalized spacial score (nSPS) is 10.5. The Hall–Kier alpha value is -2.67. The van der Waals surface area contributed by atoms with Gasteiger partial charge in [-0.2, -0.15) is 0 Å². The molecule has 0 fully saturated rings. The maximum Gasteiger partial charge on any atom is 0.254 e. The van der Waals surface area contributed by atoms with Crippen LogP contribution in [-0.4, -0.2) is 55.1 Å². The van der Waals surface area contributed by atoms with Crippen molar-refractivity contribution in [2.24, 2.45) is 0 Å². The van der Waals surface area contributed by atoms with Gasteiger partial charge in [0.1, 0.15) is 5.75 Å². The Morgan fingerprint density at radius 3 is 2.58 bits per heavy atom. The molecule has 0 atom stereocenters. The predicted molar refractivity (Wildman–Crippen MR) is 93.2 cm³/mol. The quantitative estimate of drug-likeness (QED) is 0.762. The number of likely N-dealkylation sites (N-methyl/N-ethyl adjacent to an activating group) is 1. The number of ether oxygens (including phenoxy) is 1. The monoisotopic (exact) mass is 329 g/mol. The van der Waals surface area contributed by atoms with Gasteiger partial charge in [-0.3, -0.25) is 4.79 Å². The van der Waals surface area contributed by atoms with Crippen LogP contribution in [-0.2, 0) is 6.54 Å². The Labute approximate surface area is 142 Å². The average Bonchev–Trinajstić information content (AvgIpc) is 2.60. The summed E-state index contributed by atoms with van der Waals surface area (Å²) in [5, 5.41) is 5.94. The van der Waals surface area contributed by atoms with Crippen LogP contribution in [0.25, 0.3) is 0 Å². The van der Waals surface area contributed by atoms with Crippen LogP contribution in [0.1, 0.15) is 15.9 Å². The molecule has 1 amide bonds. The number of methoxy groups -OCH3 is 1. The van der Waals surface area contributed by atoms with Gasteiger partial charge in [0.2, 0.25) is 5.95 Å². The number of aromatic nitrogens is 2. The highest BCUT2D eigenvalue weighted by Gasteiger charge is 2.07. The van der Waals surface area contributed by atoms with Gasteiger partial charge in [-0.05, 0) is 20.2 Å². The molecule has 0 aliphatic heterocycles. The molecule has 7 heteroatoms. The molecule has 2 aromatic rings. The molecule has 0 unspecified atom stereocenters. The summed E-state index contributed by atoms with van der Waals surface area (Å²) in [6, 6.07) is 7.74. The van der Waals surface area contributed by atoms with E-state index < -0.39 is 0 Å². The number of nitrogens with zero attached hydrogens (tertiary/aromatic N) is 3. The summed E-state index contributed by atoms with van der Waals surface area (Å²) in [4.78, 5) is 22.3. The van der Waals surface area contributed by atoms with Gasteiger partial charge in [0.15, 0.2) is 0 Å². The lowest BCUT2D eigenvalue weighted by Gasteiger charge is -2.11. The molecule has 2 rings (SSSR count). The molecular formula is C17H23N5O2. The molecule has 7 nitrogen and oxygen atoms in total. The van der Waals surface area contributed by atoms with E-state index in [2.05, 4.69) is 20.6 Å². The van der Waals surface area contributed by atoms with Crippen molar-refractivity contribution in [1.82, 2.24) is 20.2 Å². The Morgan fingerprint density at radius 1 is 1.21 bits per heavy atom. The van der Waals surface area contributed by atoms with Crippen LogP contribution in [0.5, 0.6) is 5.75 Å². The first kappa shape index (κ1) is 17.7. The number of carbonyl (C=O) groups is 1. The number of carbonyl (C=O) groups excluding carboxylic acids is 1. The van der Waals surface area contributed by atoms with Crippen molar-refractivity contribution < 1.29 is 9.53 Å². The maximum atomic E-state index is 12.0. The lowest BCUT2D eigenvalue weighted by Crippen LogP contribution is -2.31. The highest BCUT2D eigenvalue weighted by atomic mass is 16.5. The molecule has 0 bridgehead atoms. The van der Waals surface area contributed by atoms with E-state index in [4.69, 9.17) is 4.74 Å². The molecule has 0 aliphatic rings. The number of benzene rings is 1. The minimum atomic E-state index is -0.173. The first-order chi connectivity index (χ1) is 11.6. The van der Waals surface area contributed by atoms with Crippen LogP contribution < -0.4 is 15.4 Å². The number of amides is 1. The van der Waals surface area contributed by atoms with E-state index in [9.17, 15) is 4.79 Å². The highest BCUT2D eigenvalue weighted by Crippen LogP contribution is 2.17. The van der Waals surface area contributed by atoms with Crippen LogP contribution >= 0.6 is 0 Å². The molecule has 2 N–H and O–H groups in total. The lowest BCUT2D eigenvalue weighted by atomic mass is 10.2. The zero-order valence-corrected chi connectivity index (χ0v) is 14.2. The van der Waals surface area contributed by atoms with Crippen molar-refractivity contribution >= 4 is 11.9 Å². The van der Waals surface area contributed by atoms with E-state index in [-0.39, 0.29) is 5.91 Å². The Bertz CT molecular complexity index is 658.